The quantitative estimate of drug-likeness (QED) is 0.673. The number of rotatable bonds is 9. The van der Waals surface area contributed by atoms with Gasteiger partial charge in [-0.1, -0.05) is 6.07 Å². The van der Waals surface area contributed by atoms with E-state index in [-0.39, 0.29) is 30.4 Å². The maximum Gasteiger partial charge on any atom is 0.258 e. The van der Waals surface area contributed by atoms with Crippen LogP contribution in [-0.2, 0) is 9.59 Å². The summed E-state index contributed by atoms with van der Waals surface area (Å²) in [5.74, 6) is 1.40. The van der Waals surface area contributed by atoms with Crippen molar-refractivity contribution in [3.05, 3.63) is 42.1 Å². The van der Waals surface area contributed by atoms with Gasteiger partial charge in [0.1, 0.15) is 0 Å². The fourth-order valence-electron chi connectivity index (χ4n) is 2.76. The van der Waals surface area contributed by atoms with Crippen LogP contribution < -0.4 is 24.8 Å². The molecule has 8 nitrogen and oxygen atoms in total. The summed E-state index contributed by atoms with van der Waals surface area (Å²) in [6, 6.07) is 8.56. The van der Waals surface area contributed by atoms with Crippen LogP contribution in [0.1, 0.15) is 31.4 Å². The third-order valence-electron chi connectivity index (χ3n) is 4.59. The number of aromatic nitrogens is 1. The van der Waals surface area contributed by atoms with Gasteiger partial charge in [0.25, 0.3) is 5.91 Å². The number of amides is 2. The Kier molecular flexibility index (Phi) is 6.54. The Bertz CT molecular complexity index is 865. The van der Waals surface area contributed by atoms with Gasteiger partial charge in [0.15, 0.2) is 18.1 Å². The number of nitrogens with one attached hydrogen (secondary N) is 2. The number of carbonyl (C=O) groups is 2. The number of carbonyl (C=O) groups excluding carboxylic acids is 2. The summed E-state index contributed by atoms with van der Waals surface area (Å²) in [6.07, 6.45) is 3.40. The summed E-state index contributed by atoms with van der Waals surface area (Å²) in [7, 11) is 3.13. The molecule has 0 spiro atoms. The fourth-order valence-corrected chi connectivity index (χ4v) is 2.76. The number of hydrogen-bond donors (Lipinski definition) is 2. The summed E-state index contributed by atoms with van der Waals surface area (Å²) in [5.41, 5.74) is 1.49. The second-order valence-corrected chi connectivity index (χ2v) is 6.84. The predicted molar refractivity (Wildman–Crippen MR) is 107 cm³/mol. The van der Waals surface area contributed by atoms with Crippen molar-refractivity contribution >= 4 is 17.5 Å². The van der Waals surface area contributed by atoms with Crippen LogP contribution in [0.25, 0.3) is 0 Å². The number of methoxy groups -OCH3 is 2. The van der Waals surface area contributed by atoms with Gasteiger partial charge < -0.3 is 24.8 Å². The van der Waals surface area contributed by atoms with Crippen LogP contribution in [0.3, 0.4) is 0 Å². The van der Waals surface area contributed by atoms with Gasteiger partial charge in [-0.15, -0.1) is 0 Å². The molecule has 1 atom stereocenters. The van der Waals surface area contributed by atoms with E-state index in [1.807, 2.05) is 19.1 Å². The normalized spacial score (nSPS) is 13.9. The highest BCUT2D eigenvalue weighted by Crippen LogP contribution is 2.30. The molecule has 1 aliphatic carbocycles. The van der Waals surface area contributed by atoms with Crippen molar-refractivity contribution in [2.75, 3.05) is 26.1 Å². The largest absolute Gasteiger partial charge is 0.493 e. The number of hydrogen-bond acceptors (Lipinski definition) is 6. The highest BCUT2D eigenvalue weighted by Gasteiger charge is 2.29. The Morgan fingerprint density at radius 1 is 1.14 bits per heavy atom. The minimum Gasteiger partial charge on any atom is -0.493 e. The van der Waals surface area contributed by atoms with Crippen LogP contribution >= 0.6 is 0 Å². The maximum absolute atomic E-state index is 12.2. The minimum absolute atomic E-state index is 0.0176. The van der Waals surface area contributed by atoms with E-state index < -0.39 is 0 Å². The summed E-state index contributed by atoms with van der Waals surface area (Å²) in [4.78, 5) is 28.0. The molecule has 0 aliphatic heterocycles. The highest BCUT2D eigenvalue weighted by molar-refractivity contribution is 5.93. The summed E-state index contributed by atoms with van der Waals surface area (Å²) < 4.78 is 15.9. The van der Waals surface area contributed by atoms with E-state index in [2.05, 4.69) is 15.6 Å². The Hall–Kier alpha value is -3.29. The molecule has 2 amide bonds. The Morgan fingerprint density at radius 3 is 2.52 bits per heavy atom. The third kappa shape index (κ3) is 5.60. The average Bonchev–Trinajstić information content (AvgIpc) is 3.58. The van der Waals surface area contributed by atoms with Crippen LogP contribution in [0.5, 0.6) is 17.4 Å². The molecular weight excluding hydrogens is 374 g/mol. The Balaban J connectivity index is 1.48. The maximum atomic E-state index is 12.2. The lowest BCUT2D eigenvalue weighted by atomic mass is 10.1. The second kappa shape index (κ2) is 9.27. The van der Waals surface area contributed by atoms with Gasteiger partial charge in [-0.3, -0.25) is 9.59 Å². The van der Waals surface area contributed by atoms with Crippen molar-refractivity contribution in [1.29, 1.82) is 0 Å². The van der Waals surface area contributed by atoms with Crippen LogP contribution in [0, 0.1) is 5.92 Å². The third-order valence-corrected chi connectivity index (χ3v) is 4.59. The highest BCUT2D eigenvalue weighted by atomic mass is 16.5. The molecule has 0 radical (unpaired) electrons. The standard InChI is InChI=1S/C21H25N3O5/c1-13(15-6-8-17(27-2)18(10-15)28-3)23-19(25)12-29-20-9-7-16(11-22-20)24-21(26)14-4-5-14/h6-11,13-14H,4-5,12H2,1-3H3,(H,23,25)(H,24,26)/t13-/m0/s1. The zero-order chi connectivity index (χ0) is 20.8. The molecule has 1 saturated carbocycles. The molecule has 1 aromatic heterocycles. The number of nitrogens with zero attached hydrogens (tertiary/aromatic N) is 1. The Morgan fingerprint density at radius 2 is 1.90 bits per heavy atom. The molecule has 0 unspecified atom stereocenters. The van der Waals surface area contributed by atoms with E-state index in [0.717, 1.165) is 18.4 Å². The topological polar surface area (TPSA) is 98.8 Å². The zero-order valence-corrected chi connectivity index (χ0v) is 16.7. The lowest BCUT2D eigenvalue weighted by molar-refractivity contribution is -0.123. The molecule has 8 heteroatoms. The van der Waals surface area contributed by atoms with Gasteiger partial charge in [-0.05, 0) is 43.5 Å². The number of pyridine rings is 1. The predicted octanol–water partition coefficient (Wildman–Crippen LogP) is 2.70. The Labute approximate surface area is 169 Å². The molecule has 1 aromatic carbocycles. The van der Waals surface area contributed by atoms with Crippen molar-refractivity contribution in [2.24, 2.45) is 5.92 Å². The molecule has 1 fully saturated rings. The van der Waals surface area contributed by atoms with E-state index >= 15 is 0 Å². The van der Waals surface area contributed by atoms with Gasteiger partial charge in [0.2, 0.25) is 11.8 Å². The molecule has 154 valence electrons. The van der Waals surface area contributed by atoms with E-state index in [1.54, 1.807) is 32.4 Å². The smallest absolute Gasteiger partial charge is 0.258 e. The first-order chi connectivity index (χ1) is 14.0. The number of benzene rings is 1. The summed E-state index contributed by atoms with van der Waals surface area (Å²) in [6.45, 7) is 1.70. The van der Waals surface area contributed by atoms with E-state index in [9.17, 15) is 9.59 Å². The van der Waals surface area contributed by atoms with Crippen molar-refractivity contribution in [1.82, 2.24) is 10.3 Å². The van der Waals surface area contributed by atoms with Gasteiger partial charge in [0.05, 0.1) is 32.1 Å². The average molecular weight is 399 g/mol. The minimum atomic E-state index is -0.278. The van der Waals surface area contributed by atoms with Crippen LogP contribution in [0.15, 0.2) is 36.5 Å². The van der Waals surface area contributed by atoms with Crippen molar-refractivity contribution in [3.8, 4) is 17.4 Å². The molecule has 0 bridgehead atoms. The SMILES string of the molecule is COc1ccc([C@H](C)NC(=O)COc2ccc(NC(=O)C3CC3)cn2)cc1OC. The lowest BCUT2D eigenvalue weighted by Crippen LogP contribution is -2.31. The van der Waals surface area contributed by atoms with Crippen LogP contribution in [0.4, 0.5) is 5.69 Å². The van der Waals surface area contributed by atoms with Crippen LogP contribution in [-0.4, -0.2) is 37.6 Å². The lowest BCUT2D eigenvalue weighted by Gasteiger charge is -2.16. The van der Waals surface area contributed by atoms with Crippen molar-refractivity contribution in [3.63, 3.8) is 0 Å². The monoisotopic (exact) mass is 399 g/mol. The molecule has 2 aromatic rings. The number of ether oxygens (including phenoxy) is 3. The van der Waals surface area contributed by atoms with Crippen molar-refractivity contribution < 1.29 is 23.8 Å². The molecule has 0 saturated heterocycles. The van der Waals surface area contributed by atoms with E-state index in [4.69, 9.17) is 14.2 Å². The first-order valence-corrected chi connectivity index (χ1v) is 9.41. The van der Waals surface area contributed by atoms with Gasteiger partial charge in [-0.25, -0.2) is 4.98 Å². The zero-order valence-electron chi connectivity index (χ0n) is 16.7. The molecule has 2 N–H and O–H groups in total. The van der Waals surface area contributed by atoms with E-state index in [1.165, 1.54) is 6.20 Å². The second-order valence-electron chi connectivity index (χ2n) is 6.84. The molecule has 1 heterocycles. The first-order valence-electron chi connectivity index (χ1n) is 9.41. The van der Waals surface area contributed by atoms with Gasteiger partial charge >= 0.3 is 0 Å². The summed E-state index contributed by atoms with van der Waals surface area (Å²) >= 11 is 0. The molecule has 29 heavy (non-hydrogen) atoms. The first kappa shape index (κ1) is 20.4. The van der Waals surface area contributed by atoms with Crippen molar-refractivity contribution in [2.45, 2.75) is 25.8 Å². The molecule has 3 rings (SSSR count). The van der Waals surface area contributed by atoms with Gasteiger partial charge in [-0.2, -0.15) is 0 Å². The molecule has 1 aliphatic rings. The fraction of sp³-hybridized carbons (Fsp3) is 0.381. The van der Waals surface area contributed by atoms with E-state index in [0.29, 0.717) is 23.1 Å². The molecular formula is C21H25N3O5. The summed E-state index contributed by atoms with van der Waals surface area (Å²) in [5, 5.41) is 5.67. The van der Waals surface area contributed by atoms with Gasteiger partial charge in [0, 0.05) is 12.0 Å². The number of anilines is 1. The van der Waals surface area contributed by atoms with Crippen LogP contribution in [0.2, 0.25) is 0 Å².